The van der Waals surface area contributed by atoms with Gasteiger partial charge in [0.15, 0.2) is 0 Å². The molecule has 2 nitrogen and oxygen atoms in total. The number of benzene rings is 1. The Kier molecular flexibility index (Phi) is 4.52. The van der Waals surface area contributed by atoms with Crippen LogP contribution < -0.4 is 11.1 Å². The van der Waals surface area contributed by atoms with Crippen molar-refractivity contribution >= 4 is 22.9 Å². The van der Waals surface area contributed by atoms with E-state index in [2.05, 4.69) is 32.2 Å². The molecule has 1 aromatic rings. The Morgan fingerprint density at radius 3 is 2.53 bits per heavy atom. The van der Waals surface area contributed by atoms with Gasteiger partial charge in [-0.05, 0) is 51.0 Å². The molecule has 1 aromatic carbocycles. The first-order chi connectivity index (χ1) is 7.85. The van der Waals surface area contributed by atoms with Gasteiger partial charge in [-0.15, -0.1) is 0 Å². The fourth-order valence-electron chi connectivity index (χ4n) is 2.10. The highest BCUT2D eigenvalue weighted by molar-refractivity contribution is 7.80. The summed E-state index contributed by atoms with van der Waals surface area (Å²) in [6, 6.07) is 6.13. The molecule has 0 fully saturated rings. The third kappa shape index (κ3) is 4.00. The molecule has 1 rings (SSSR count). The highest BCUT2D eigenvalue weighted by Crippen LogP contribution is 2.22. The van der Waals surface area contributed by atoms with Crippen LogP contribution in [0.3, 0.4) is 0 Å². The predicted octanol–water partition coefficient (Wildman–Crippen LogP) is 3.62. The molecule has 0 saturated carbocycles. The van der Waals surface area contributed by atoms with Crippen molar-refractivity contribution in [1.82, 2.24) is 0 Å². The number of thiocarbonyl (C=S) groups is 1. The Bertz CT molecular complexity index is 411. The van der Waals surface area contributed by atoms with Gasteiger partial charge in [0, 0.05) is 16.8 Å². The summed E-state index contributed by atoms with van der Waals surface area (Å²) in [5.74, 6) is 0. The minimum Gasteiger partial charge on any atom is -0.389 e. The van der Waals surface area contributed by atoms with Gasteiger partial charge < -0.3 is 11.1 Å². The number of nitrogens with one attached hydrogen (secondary N) is 1. The maximum atomic E-state index is 5.65. The largest absolute Gasteiger partial charge is 0.389 e. The Hall–Kier alpha value is -1.09. The summed E-state index contributed by atoms with van der Waals surface area (Å²) in [5.41, 5.74) is 8.97. The van der Waals surface area contributed by atoms with Gasteiger partial charge >= 0.3 is 0 Å². The molecule has 0 heterocycles. The van der Waals surface area contributed by atoms with Crippen LogP contribution >= 0.6 is 12.2 Å². The zero-order valence-corrected chi connectivity index (χ0v) is 11.9. The van der Waals surface area contributed by atoms with Crippen molar-refractivity contribution < 1.29 is 0 Å². The summed E-state index contributed by atoms with van der Waals surface area (Å²) in [7, 11) is 0. The normalized spacial score (nSPS) is 11.3. The van der Waals surface area contributed by atoms with E-state index in [1.54, 1.807) is 0 Å². The molecule has 0 aromatic heterocycles. The van der Waals surface area contributed by atoms with E-state index in [4.69, 9.17) is 18.0 Å². The number of hydrogen-bond donors (Lipinski definition) is 2. The van der Waals surface area contributed by atoms with Crippen LogP contribution in [0.4, 0.5) is 5.69 Å². The van der Waals surface area contributed by atoms with Crippen molar-refractivity contribution in [3.8, 4) is 0 Å². The van der Waals surface area contributed by atoms with Crippen LogP contribution in [-0.4, -0.2) is 10.5 Å². The van der Waals surface area contributed by atoms with E-state index in [0.29, 0.717) is 4.99 Å². The minimum atomic E-state index is 0.117. The van der Waals surface area contributed by atoms with Crippen LogP contribution in [0, 0.1) is 6.92 Å². The van der Waals surface area contributed by atoms with Gasteiger partial charge in [-0.3, -0.25) is 0 Å². The predicted molar refractivity (Wildman–Crippen MR) is 79.7 cm³/mol. The van der Waals surface area contributed by atoms with Crippen molar-refractivity contribution in [1.29, 1.82) is 0 Å². The molecule has 0 atom stereocenters. The lowest BCUT2D eigenvalue weighted by Crippen LogP contribution is -2.30. The molecule has 0 amide bonds. The van der Waals surface area contributed by atoms with Gasteiger partial charge in [-0.25, -0.2) is 0 Å². The van der Waals surface area contributed by atoms with E-state index in [9.17, 15) is 0 Å². The Labute approximate surface area is 110 Å². The summed E-state index contributed by atoms with van der Waals surface area (Å²) in [4.78, 5) is 0.460. The van der Waals surface area contributed by atoms with Crippen molar-refractivity contribution in [2.45, 2.75) is 46.1 Å². The van der Waals surface area contributed by atoms with E-state index in [0.717, 1.165) is 23.2 Å². The lowest BCUT2D eigenvalue weighted by Gasteiger charge is -2.27. The van der Waals surface area contributed by atoms with Crippen molar-refractivity contribution in [2.75, 3.05) is 5.32 Å². The summed E-state index contributed by atoms with van der Waals surface area (Å²) < 4.78 is 0. The van der Waals surface area contributed by atoms with Gasteiger partial charge in [-0.1, -0.05) is 25.6 Å². The number of hydrogen-bond acceptors (Lipinski definition) is 2. The second kappa shape index (κ2) is 5.50. The Balaban J connectivity index is 2.88. The molecule has 17 heavy (non-hydrogen) atoms. The van der Waals surface area contributed by atoms with E-state index in [-0.39, 0.29) is 5.54 Å². The number of nitrogens with two attached hydrogens (primary N) is 1. The highest BCUT2D eigenvalue weighted by atomic mass is 32.1. The Morgan fingerprint density at radius 1 is 1.41 bits per heavy atom. The third-order valence-corrected chi connectivity index (χ3v) is 3.07. The van der Waals surface area contributed by atoms with Crippen molar-refractivity contribution in [2.24, 2.45) is 5.73 Å². The van der Waals surface area contributed by atoms with Crippen molar-refractivity contribution in [3.05, 3.63) is 29.3 Å². The average Bonchev–Trinajstić information content (AvgIpc) is 2.15. The summed E-state index contributed by atoms with van der Waals surface area (Å²) in [5, 5.41) is 3.54. The van der Waals surface area contributed by atoms with E-state index >= 15 is 0 Å². The first-order valence-corrected chi connectivity index (χ1v) is 6.45. The average molecular weight is 250 g/mol. The molecule has 0 spiro atoms. The summed E-state index contributed by atoms with van der Waals surface area (Å²) in [6.45, 7) is 8.66. The monoisotopic (exact) mass is 250 g/mol. The fourth-order valence-corrected chi connectivity index (χ4v) is 2.33. The van der Waals surface area contributed by atoms with Crippen LogP contribution in [-0.2, 0) is 0 Å². The van der Waals surface area contributed by atoms with Crippen molar-refractivity contribution in [3.63, 3.8) is 0 Å². The molecule has 94 valence electrons. The molecule has 0 unspecified atom stereocenters. The SMILES string of the molecule is CCCC(C)(C)Nc1ccc(C(N)=S)c(C)c1. The molecule has 0 saturated heterocycles. The van der Waals surface area contributed by atoms with Crippen LogP contribution in [0.25, 0.3) is 0 Å². The minimum absolute atomic E-state index is 0.117. The number of rotatable bonds is 5. The maximum absolute atomic E-state index is 5.65. The second-order valence-corrected chi connectivity index (χ2v) is 5.59. The van der Waals surface area contributed by atoms with Gasteiger partial charge in [-0.2, -0.15) is 0 Å². The molecular formula is C14H22N2S. The lowest BCUT2D eigenvalue weighted by atomic mass is 9.98. The van der Waals surface area contributed by atoms with E-state index in [1.807, 2.05) is 19.1 Å². The molecule has 3 N–H and O–H groups in total. The smallest absolute Gasteiger partial charge is 0.104 e. The molecular weight excluding hydrogens is 228 g/mol. The fraction of sp³-hybridized carbons (Fsp3) is 0.500. The zero-order chi connectivity index (χ0) is 13.1. The first-order valence-electron chi connectivity index (χ1n) is 6.04. The topological polar surface area (TPSA) is 38.0 Å². The second-order valence-electron chi connectivity index (χ2n) is 5.15. The summed E-state index contributed by atoms with van der Waals surface area (Å²) >= 11 is 5.00. The van der Waals surface area contributed by atoms with Gasteiger partial charge in [0.25, 0.3) is 0 Å². The standard InChI is InChI=1S/C14H22N2S/c1-5-8-14(3,4)16-11-6-7-12(13(15)17)10(2)9-11/h6-7,9,16H,5,8H2,1-4H3,(H2,15,17). The van der Waals surface area contributed by atoms with E-state index < -0.39 is 0 Å². The van der Waals surface area contributed by atoms with Crippen LogP contribution in [0.1, 0.15) is 44.7 Å². The molecule has 0 aliphatic carbocycles. The van der Waals surface area contributed by atoms with Crippen LogP contribution in [0.15, 0.2) is 18.2 Å². The zero-order valence-electron chi connectivity index (χ0n) is 11.1. The number of anilines is 1. The molecule has 3 heteroatoms. The van der Waals surface area contributed by atoms with Gasteiger partial charge in [0.2, 0.25) is 0 Å². The summed E-state index contributed by atoms with van der Waals surface area (Å²) in [6.07, 6.45) is 2.31. The van der Waals surface area contributed by atoms with E-state index in [1.165, 1.54) is 6.42 Å². The van der Waals surface area contributed by atoms with Crippen LogP contribution in [0.5, 0.6) is 0 Å². The Morgan fingerprint density at radius 2 is 2.06 bits per heavy atom. The molecule has 0 aliphatic heterocycles. The third-order valence-electron chi connectivity index (χ3n) is 2.85. The highest BCUT2D eigenvalue weighted by Gasteiger charge is 2.16. The lowest BCUT2D eigenvalue weighted by molar-refractivity contribution is 0.511. The quantitative estimate of drug-likeness (QED) is 0.784. The number of aryl methyl sites for hydroxylation is 1. The van der Waals surface area contributed by atoms with Gasteiger partial charge in [0.05, 0.1) is 0 Å². The van der Waals surface area contributed by atoms with Gasteiger partial charge in [0.1, 0.15) is 4.99 Å². The molecule has 0 bridgehead atoms. The molecule has 0 aliphatic rings. The molecule has 0 radical (unpaired) electrons. The first kappa shape index (κ1) is 14.0. The maximum Gasteiger partial charge on any atom is 0.104 e. The van der Waals surface area contributed by atoms with Crippen LogP contribution in [0.2, 0.25) is 0 Å².